The molecule has 0 bridgehead atoms. The van der Waals surface area contributed by atoms with Crippen molar-refractivity contribution in [2.45, 2.75) is 12.1 Å². The fourth-order valence-corrected chi connectivity index (χ4v) is 0.378. The van der Waals surface area contributed by atoms with Gasteiger partial charge in [-0.25, -0.2) is 5.90 Å². The predicted octanol–water partition coefficient (Wildman–Crippen LogP) is 0.643. The van der Waals surface area contributed by atoms with E-state index in [1.54, 1.807) is 0 Å². The molecule has 0 rings (SSSR count). The first-order valence-corrected chi connectivity index (χ1v) is 2.53. The molecule has 0 radical (unpaired) electrons. The Hall–Kier alpha value is -0.760. The Morgan fingerprint density at radius 1 is 1.25 bits per heavy atom. The highest BCUT2D eigenvalue weighted by Crippen LogP contribution is 2.27. The number of hydrogen-bond acceptors (Lipinski definition) is 3. The molecule has 0 aliphatic rings. The van der Waals surface area contributed by atoms with Crippen molar-refractivity contribution in [3.8, 4) is 0 Å². The average Bonchev–Trinajstić information content (AvgIpc) is 1.84. The van der Waals surface area contributed by atoms with Gasteiger partial charge in [0, 0.05) is 0 Å². The minimum absolute atomic E-state index is 1.79. The van der Waals surface area contributed by atoms with Crippen LogP contribution in [0.4, 0.5) is 22.0 Å². The van der Waals surface area contributed by atoms with Gasteiger partial charge in [0.15, 0.2) is 0 Å². The minimum atomic E-state index is -5.58. The van der Waals surface area contributed by atoms with E-state index in [1.807, 2.05) is 0 Å². The van der Waals surface area contributed by atoms with Crippen LogP contribution in [0, 0.1) is 0 Å². The minimum Gasteiger partial charge on any atom is -0.298 e. The van der Waals surface area contributed by atoms with Crippen molar-refractivity contribution in [2.24, 2.45) is 5.90 Å². The molecule has 12 heavy (non-hydrogen) atoms. The summed E-state index contributed by atoms with van der Waals surface area (Å²) in [5, 5.41) is 0. The molecule has 0 amide bonds. The molecule has 72 valence electrons. The highest BCUT2D eigenvalue weighted by atomic mass is 19.4. The lowest BCUT2D eigenvalue weighted by Gasteiger charge is -2.14. The van der Waals surface area contributed by atoms with Crippen LogP contribution in [0.15, 0.2) is 0 Å². The van der Waals surface area contributed by atoms with Crippen LogP contribution in [0.3, 0.4) is 0 Å². The summed E-state index contributed by atoms with van der Waals surface area (Å²) in [6.07, 6.45) is -5.58. The van der Waals surface area contributed by atoms with Gasteiger partial charge in [-0.2, -0.15) is 22.0 Å². The van der Waals surface area contributed by atoms with Gasteiger partial charge in [-0.15, -0.1) is 0 Å². The average molecular weight is 193 g/mol. The van der Waals surface area contributed by atoms with Crippen LogP contribution < -0.4 is 5.90 Å². The zero-order chi connectivity index (χ0) is 9.99. The van der Waals surface area contributed by atoms with Crippen LogP contribution >= 0.6 is 0 Å². The molecule has 0 atom stereocenters. The SMILES string of the molecule is NOCC(F)(F)C(=O)C(F)(F)F. The molecule has 3 nitrogen and oxygen atoms in total. The molecule has 0 spiro atoms. The lowest BCUT2D eigenvalue weighted by atomic mass is 10.2. The van der Waals surface area contributed by atoms with Crippen molar-refractivity contribution in [3.05, 3.63) is 0 Å². The lowest BCUT2D eigenvalue weighted by Crippen LogP contribution is -2.43. The summed E-state index contributed by atoms with van der Waals surface area (Å²) in [5.41, 5.74) is 0. The fourth-order valence-electron chi connectivity index (χ4n) is 0.378. The standard InChI is InChI=1S/C4H4F5NO2/c5-3(6,1-12-10)2(11)4(7,8)9/h1,10H2. The molecule has 0 saturated carbocycles. The van der Waals surface area contributed by atoms with Gasteiger partial charge in [0.1, 0.15) is 6.61 Å². The van der Waals surface area contributed by atoms with Crippen LogP contribution in [0.25, 0.3) is 0 Å². The van der Waals surface area contributed by atoms with E-state index in [2.05, 4.69) is 10.7 Å². The zero-order valence-corrected chi connectivity index (χ0v) is 5.49. The molecule has 8 heteroatoms. The highest BCUT2D eigenvalue weighted by Gasteiger charge is 2.55. The molecule has 0 heterocycles. The second-order valence-electron chi connectivity index (χ2n) is 1.84. The van der Waals surface area contributed by atoms with Gasteiger partial charge in [0.05, 0.1) is 0 Å². The van der Waals surface area contributed by atoms with Crippen LogP contribution in [-0.4, -0.2) is 24.5 Å². The number of halogens is 5. The number of Topliss-reactive ketones (excluding diaryl/α,β-unsaturated/α-hetero) is 1. The summed E-state index contributed by atoms with van der Waals surface area (Å²) in [4.78, 5) is 13.1. The quantitative estimate of drug-likeness (QED) is 0.528. The molecule has 0 aromatic rings. The summed E-state index contributed by atoms with van der Waals surface area (Å²) in [6.45, 7) is -1.79. The second kappa shape index (κ2) is 3.31. The molecule has 0 aliphatic carbocycles. The third-order valence-corrected chi connectivity index (χ3v) is 0.854. The molecular formula is C4H4F5NO2. The second-order valence-corrected chi connectivity index (χ2v) is 1.84. The number of alkyl halides is 5. The van der Waals surface area contributed by atoms with E-state index in [-0.39, 0.29) is 0 Å². The van der Waals surface area contributed by atoms with E-state index in [4.69, 9.17) is 0 Å². The van der Waals surface area contributed by atoms with Crippen molar-refractivity contribution in [1.82, 2.24) is 0 Å². The summed E-state index contributed by atoms with van der Waals surface area (Å²) in [7, 11) is 0. The van der Waals surface area contributed by atoms with E-state index >= 15 is 0 Å². The summed E-state index contributed by atoms with van der Waals surface area (Å²) in [6, 6.07) is 0. The summed E-state index contributed by atoms with van der Waals surface area (Å²) < 4.78 is 58.1. The van der Waals surface area contributed by atoms with E-state index in [9.17, 15) is 26.7 Å². The lowest BCUT2D eigenvalue weighted by molar-refractivity contribution is -0.201. The number of carbonyl (C=O) groups excluding carboxylic acids is 1. The Labute approximate surface area is 63.2 Å². The highest BCUT2D eigenvalue weighted by molar-refractivity contribution is 5.90. The van der Waals surface area contributed by atoms with Gasteiger partial charge in [0.25, 0.3) is 0 Å². The Morgan fingerprint density at radius 3 is 1.92 bits per heavy atom. The van der Waals surface area contributed by atoms with E-state index in [1.165, 1.54) is 0 Å². The third kappa shape index (κ3) is 2.70. The Bertz CT molecular complexity index is 177. The molecule has 0 aromatic carbocycles. The molecule has 0 fully saturated rings. The van der Waals surface area contributed by atoms with E-state index in [0.29, 0.717) is 0 Å². The predicted molar refractivity (Wildman–Crippen MR) is 26.1 cm³/mol. The van der Waals surface area contributed by atoms with Crippen LogP contribution in [0.5, 0.6) is 0 Å². The monoisotopic (exact) mass is 193 g/mol. The number of nitrogens with two attached hydrogens (primary N) is 1. The van der Waals surface area contributed by atoms with Gasteiger partial charge >= 0.3 is 17.9 Å². The fraction of sp³-hybridized carbons (Fsp3) is 0.750. The maximum Gasteiger partial charge on any atom is 0.456 e. The van der Waals surface area contributed by atoms with Gasteiger partial charge in [-0.3, -0.25) is 9.63 Å². The van der Waals surface area contributed by atoms with Gasteiger partial charge < -0.3 is 0 Å². The summed E-state index contributed by atoms with van der Waals surface area (Å²) >= 11 is 0. The number of hydrogen-bond donors (Lipinski definition) is 1. The zero-order valence-electron chi connectivity index (χ0n) is 5.49. The number of rotatable bonds is 3. The van der Waals surface area contributed by atoms with Crippen LogP contribution in [0.2, 0.25) is 0 Å². The molecule has 2 N–H and O–H groups in total. The normalized spacial score (nSPS) is 13.2. The maximum atomic E-state index is 12.0. The molecule has 0 unspecified atom stereocenters. The van der Waals surface area contributed by atoms with Gasteiger partial charge in [0.2, 0.25) is 0 Å². The molecular weight excluding hydrogens is 189 g/mol. The first-order chi connectivity index (χ1) is 5.22. The van der Waals surface area contributed by atoms with Crippen molar-refractivity contribution in [1.29, 1.82) is 0 Å². The molecule has 0 saturated heterocycles. The Balaban J connectivity index is 4.46. The van der Waals surface area contributed by atoms with Gasteiger partial charge in [-0.05, 0) is 0 Å². The first-order valence-electron chi connectivity index (χ1n) is 2.53. The largest absolute Gasteiger partial charge is 0.456 e. The topological polar surface area (TPSA) is 52.3 Å². The molecule has 0 aliphatic heterocycles. The van der Waals surface area contributed by atoms with Gasteiger partial charge in [-0.1, -0.05) is 0 Å². The van der Waals surface area contributed by atoms with Crippen LogP contribution in [-0.2, 0) is 9.63 Å². The van der Waals surface area contributed by atoms with Crippen LogP contribution in [0.1, 0.15) is 0 Å². The molecule has 0 aromatic heterocycles. The Morgan fingerprint density at radius 2 is 1.67 bits per heavy atom. The third-order valence-electron chi connectivity index (χ3n) is 0.854. The summed E-state index contributed by atoms with van der Waals surface area (Å²) in [5.74, 6) is -3.69. The number of carbonyl (C=O) groups is 1. The smallest absolute Gasteiger partial charge is 0.298 e. The maximum absolute atomic E-state index is 12.0. The number of ketones is 1. The van der Waals surface area contributed by atoms with E-state index in [0.717, 1.165) is 0 Å². The first kappa shape index (κ1) is 11.2. The van der Waals surface area contributed by atoms with E-state index < -0.39 is 24.5 Å². The van der Waals surface area contributed by atoms with Crippen molar-refractivity contribution in [3.63, 3.8) is 0 Å². The Kier molecular flexibility index (Phi) is 3.10. The van der Waals surface area contributed by atoms with Crippen molar-refractivity contribution in [2.75, 3.05) is 6.61 Å². The van der Waals surface area contributed by atoms with Crippen molar-refractivity contribution >= 4 is 5.78 Å². The van der Waals surface area contributed by atoms with Crippen molar-refractivity contribution < 1.29 is 31.6 Å².